The van der Waals surface area contributed by atoms with Crippen molar-refractivity contribution in [3.63, 3.8) is 0 Å². The molecule has 1 aliphatic heterocycles. The lowest BCUT2D eigenvalue weighted by Gasteiger charge is -2.35. The summed E-state index contributed by atoms with van der Waals surface area (Å²) in [4.78, 5) is 12.9. The first-order valence-corrected chi connectivity index (χ1v) is 6.71. The van der Waals surface area contributed by atoms with Crippen LogP contribution < -0.4 is 9.64 Å². The fourth-order valence-corrected chi connectivity index (χ4v) is 2.60. The zero-order valence-electron chi connectivity index (χ0n) is 11.7. The minimum atomic E-state index is -0.736. The first kappa shape index (κ1) is 13.7. The highest BCUT2D eigenvalue weighted by Crippen LogP contribution is 2.33. The SMILES string of the molecule is CC(C)Oc1ccc2c(c1)CCC(CC(=O)O)N2C. The number of ether oxygens (including phenoxy) is 1. The van der Waals surface area contributed by atoms with Crippen LogP contribution in [0, 0.1) is 0 Å². The molecular formula is C15H21NO3. The molecule has 0 saturated heterocycles. The molecule has 1 aromatic carbocycles. The zero-order valence-corrected chi connectivity index (χ0v) is 11.7. The van der Waals surface area contributed by atoms with Crippen LogP contribution >= 0.6 is 0 Å². The van der Waals surface area contributed by atoms with E-state index in [0.717, 1.165) is 24.3 Å². The van der Waals surface area contributed by atoms with E-state index in [0.29, 0.717) is 0 Å². The maximum atomic E-state index is 10.9. The van der Waals surface area contributed by atoms with E-state index in [1.54, 1.807) is 0 Å². The van der Waals surface area contributed by atoms with Crippen LogP contribution in [0.3, 0.4) is 0 Å². The van der Waals surface area contributed by atoms with Crippen molar-refractivity contribution in [3.05, 3.63) is 23.8 Å². The lowest BCUT2D eigenvalue weighted by Crippen LogP contribution is -2.37. The second kappa shape index (κ2) is 5.51. The number of benzene rings is 1. The lowest BCUT2D eigenvalue weighted by atomic mass is 9.94. The number of aliphatic carboxylic acids is 1. The standard InChI is InChI=1S/C15H21NO3/c1-10(2)19-13-6-7-14-11(8-13)4-5-12(16(14)3)9-15(17)18/h6-8,10,12H,4-5,9H2,1-3H3,(H,17,18). The molecule has 1 atom stereocenters. The monoisotopic (exact) mass is 263 g/mol. The van der Waals surface area contributed by atoms with Crippen molar-refractivity contribution in [2.75, 3.05) is 11.9 Å². The summed E-state index contributed by atoms with van der Waals surface area (Å²) in [5, 5.41) is 8.93. The van der Waals surface area contributed by atoms with Crippen molar-refractivity contribution < 1.29 is 14.6 Å². The number of carboxylic acid groups (broad SMARTS) is 1. The summed E-state index contributed by atoms with van der Waals surface area (Å²) in [5.41, 5.74) is 2.36. The van der Waals surface area contributed by atoms with Gasteiger partial charge in [-0.25, -0.2) is 0 Å². The number of nitrogens with zero attached hydrogens (tertiary/aromatic N) is 1. The van der Waals surface area contributed by atoms with Crippen molar-refractivity contribution in [3.8, 4) is 5.75 Å². The van der Waals surface area contributed by atoms with Crippen LogP contribution in [0.5, 0.6) is 5.75 Å². The molecule has 0 saturated carbocycles. The second-order valence-electron chi connectivity index (χ2n) is 5.36. The van der Waals surface area contributed by atoms with Gasteiger partial charge in [-0.05, 0) is 50.5 Å². The molecule has 0 amide bonds. The van der Waals surface area contributed by atoms with E-state index >= 15 is 0 Å². The Morgan fingerprint density at radius 1 is 1.53 bits per heavy atom. The van der Waals surface area contributed by atoms with Gasteiger partial charge in [0.1, 0.15) is 5.75 Å². The van der Waals surface area contributed by atoms with E-state index < -0.39 is 5.97 Å². The van der Waals surface area contributed by atoms with Gasteiger partial charge in [-0.3, -0.25) is 4.79 Å². The third kappa shape index (κ3) is 3.19. The number of anilines is 1. The summed E-state index contributed by atoms with van der Waals surface area (Å²) in [6, 6.07) is 6.14. The van der Waals surface area contributed by atoms with Gasteiger partial charge in [-0.15, -0.1) is 0 Å². The molecule has 1 aliphatic rings. The number of carbonyl (C=O) groups is 1. The van der Waals surface area contributed by atoms with E-state index in [-0.39, 0.29) is 18.6 Å². The molecule has 1 N–H and O–H groups in total. The predicted molar refractivity (Wildman–Crippen MR) is 75.0 cm³/mol. The Morgan fingerprint density at radius 3 is 2.89 bits per heavy atom. The smallest absolute Gasteiger partial charge is 0.305 e. The maximum Gasteiger partial charge on any atom is 0.305 e. The Kier molecular flexibility index (Phi) is 3.98. The molecule has 0 radical (unpaired) electrons. The highest BCUT2D eigenvalue weighted by Gasteiger charge is 2.25. The van der Waals surface area contributed by atoms with Crippen LogP contribution in [0.25, 0.3) is 0 Å². The molecule has 0 fully saturated rings. The van der Waals surface area contributed by atoms with E-state index in [1.165, 1.54) is 5.56 Å². The Balaban J connectivity index is 2.18. The van der Waals surface area contributed by atoms with E-state index in [9.17, 15) is 4.79 Å². The number of rotatable bonds is 4. The predicted octanol–water partition coefficient (Wildman–Crippen LogP) is 2.70. The van der Waals surface area contributed by atoms with Gasteiger partial charge in [0.05, 0.1) is 12.5 Å². The molecule has 0 aliphatic carbocycles. The first-order valence-electron chi connectivity index (χ1n) is 6.71. The molecule has 4 nitrogen and oxygen atoms in total. The Hall–Kier alpha value is -1.71. The molecule has 104 valence electrons. The molecule has 4 heteroatoms. The summed E-state index contributed by atoms with van der Waals surface area (Å²) < 4.78 is 5.69. The minimum Gasteiger partial charge on any atom is -0.491 e. The summed E-state index contributed by atoms with van der Waals surface area (Å²) >= 11 is 0. The normalized spacial score (nSPS) is 18.3. The summed E-state index contributed by atoms with van der Waals surface area (Å²) in [7, 11) is 1.97. The van der Waals surface area contributed by atoms with Crippen LogP contribution in [0.15, 0.2) is 18.2 Å². The van der Waals surface area contributed by atoms with Crippen LogP contribution in [0.4, 0.5) is 5.69 Å². The van der Waals surface area contributed by atoms with Crippen LogP contribution in [-0.2, 0) is 11.2 Å². The van der Waals surface area contributed by atoms with E-state index in [1.807, 2.05) is 33.0 Å². The van der Waals surface area contributed by atoms with Crippen LogP contribution in [-0.4, -0.2) is 30.3 Å². The van der Waals surface area contributed by atoms with Gasteiger partial charge in [0, 0.05) is 18.8 Å². The summed E-state index contributed by atoms with van der Waals surface area (Å²) in [5.74, 6) is 0.152. The quantitative estimate of drug-likeness (QED) is 0.907. The van der Waals surface area contributed by atoms with E-state index in [4.69, 9.17) is 9.84 Å². The fourth-order valence-electron chi connectivity index (χ4n) is 2.60. The average Bonchev–Trinajstić information content (AvgIpc) is 2.31. The number of hydrogen-bond acceptors (Lipinski definition) is 3. The number of aryl methyl sites for hydroxylation is 1. The fraction of sp³-hybridized carbons (Fsp3) is 0.533. The maximum absolute atomic E-state index is 10.9. The van der Waals surface area contributed by atoms with Gasteiger partial charge in [-0.1, -0.05) is 0 Å². The number of carboxylic acids is 1. The number of hydrogen-bond donors (Lipinski definition) is 1. The van der Waals surface area contributed by atoms with Crippen molar-refractivity contribution in [1.82, 2.24) is 0 Å². The van der Waals surface area contributed by atoms with Crippen LogP contribution in [0.1, 0.15) is 32.3 Å². The second-order valence-corrected chi connectivity index (χ2v) is 5.36. The molecule has 0 bridgehead atoms. The highest BCUT2D eigenvalue weighted by molar-refractivity contribution is 5.69. The third-order valence-corrected chi connectivity index (χ3v) is 3.51. The van der Waals surface area contributed by atoms with Gasteiger partial charge in [0.25, 0.3) is 0 Å². The Bertz CT molecular complexity index is 470. The van der Waals surface area contributed by atoms with Gasteiger partial charge < -0.3 is 14.7 Å². The molecule has 2 rings (SSSR count). The van der Waals surface area contributed by atoms with Gasteiger partial charge in [0.15, 0.2) is 0 Å². The average molecular weight is 263 g/mol. The molecule has 1 aromatic rings. The van der Waals surface area contributed by atoms with Gasteiger partial charge in [-0.2, -0.15) is 0 Å². The first-order chi connectivity index (χ1) is 8.97. The lowest BCUT2D eigenvalue weighted by molar-refractivity contribution is -0.137. The third-order valence-electron chi connectivity index (χ3n) is 3.51. The zero-order chi connectivity index (χ0) is 14.0. The van der Waals surface area contributed by atoms with Crippen molar-refractivity contribution in [2.24, 2.45) is 0 Å². The van der Waals surface area contributed by atoms with Crippen molar-refractivity contribution >= 4 is 11.7 Å². The minimum absolute atomic E-state index is 0.0851. The molecule has 1 unspecified atom stereocenters. The Labute approximate surface area is 114 Å². The summed E-state index contributed by atoms with van der Waals surface area (Å²) in [6.07, 6.45) is 2.15. The largest absolute Gasteiger partial charge is 0.491 e. The summed E-state index contributed by atoms with van der Waals surface area (Å²) in [6.45, 7) is 4.02. The molecule has 0 spiro atoms. The molecular weight excluding hydrogens is 242 g/mol. The molecule has 1 heterocycles. The van der Waals surface area contributed by atoms with Gasteiger partial charge in [0.2, 0.25) is 0 Å². The molecule has 19 heavy (non-hydrogen) atoms. The molecule has 0 aromatic heterocycles. The Morgan fingerprint density at radius 2 is 2.26 bits per heavy atom. The van der Waals surface area contributed by atoms with Crippen molar-refractivity contribution in [1.29, 1.82) is 0 Å². The van der Waals surface area contributed by atoms with Crippen molar-refractivity contribution in [2.45, 2.75) is 45.3 Å². The van der Waals surface area contributed by atoms with Crippen LogP contribution in [0.2, 0.25) is 0 Å². The topological polar surface area (TPSA) is 49.8 Å². The number of fused-ring (bicyclic) bond motifs is 1. The highest BCUT2D eigenvalue weighted by atomic mass is 16.5. The van der Waals surface area contributed by atoms with Gasteiger partial charge >= 0.3 is 5.97 Å². The van der Waals surface area contributed by atoms with E-state index in [2.05, 4.69) is 11.0 Å².